The first kappa shape index (κ1) is 14.6. The Morgan fingerprint density at radius 2 is 1.95 bits per heavy atom. The first-order chi connectivity index (χ1) is 10.6. The van der Waals surface area contributed by atoms with E-state index in [1.165, 1.54) is 0 Å². The van der Waals surface area contributed by atoms with Gasteiger partial charge in [-0.15, -0.1) is 0 Å². The van der Waals surface area contributed by atoms with Gasteiger partial charge in [0.2, 0.25) is 0 Å². The van der Waals surface area contributed by atoms with Crippen LogP contribution in [0, 0.1) is 0 Å². The number of rotatable bonds is 5. The summed E-state index contributed by atoms with van der Waals surface area (Å²) in [7, 11) is -2.00. The van der Waals surface area contributed by atoms with Gasteiger partial charge in [-0.2, -0.15) is 0 Å². The van der Waals surface area contributed by atoms with Crippen molar-refractivity contribution in [2.45, 2.75) is 11.5 Å². The Hall–Kier alpha value is -2.38. The third-order valence-corrected chi connectivity index (χ3v) is 4.51. The normalized spacial score (nSPS) is 11.7. The predicted octanol–water partition coefficient (Wildman–Crippen LogP) is 2.51. The van der Waals surface area contributed by atoms with Gasteiger partial charge in [-0.1, -0.05) is 18.2 Å². The number of ether oxygens (including phenoxy) is 1. The molecule has 3 aromatic rings. The molecule has 0 unspecified atom stereocenters. The summed E-state index contributed by atoms with van der Waals surface area (Å²) >= 11 is 0. The van der Waals surface area contributed by atoms with Crippen LogP contribution >= 0.6 is 0 Å². The van der Waals surface area contributed by atoms with E-state index in [1.54, 1.807) is 55.6 Å². The summed E-state index contributed by atoms with van der Waals surface area (Å²) in [5.74, 6) is 0.695. The fourth-order valence-corrected chi connectivity index (χ4v) is 3.22. The van der Waals surface area contributed by atoms with Crippen LogP contribution in [0.3, 0.4) is 0 Å². The smallest absolute Gasteiger partial charge is 0.261 e. The summed E-state index contributed by atoms with van der Waals surface area (Å²) < 4.78 is 32.2. The fraction of sp³-hybridized carbons (Fsp3) is 0.133. The summed E-state index contributed by atoms with van der Waals surface area (Å²) in [5, 5.41) is 0. The Morgan fingerprint density at radius 3 is 2.68 bits per heavy atom. The summed E-state index contributed by atoms with van der Waals surface area (Å²) in [6.45, 7) is 0.375. The second-order valence-corrected chi connectivity index (χ2v) is 6.45. The van der Waals surface area contributed by atoms with Crippen LogP contribution in [0.5, 0.6) is 0 Å². The number of aromatic amines is 1. The maximum Gasteiger partial charge on any atom is 0.261 e. The Kier molecular flexibility index (Phi) is 3.82. The first-order valence-electron chi connectivity index (χ1n) is 6.64. The largest absolute Gasteiger partial charge is 0.377 e. The zero-order valence-corrected chi connectivity index (χ0v) is 12.7. The highest BCUT2D eigenvalue weighted by Gasteiger charge is 2.14. The van der Waals surface area contributed by atoms with Gasteiger partial charge in [0, 0.05) is 7.11 Å². The van der Waals surface area contributed by atoms with E-state index in [2.05, 4.69) is 14.7 Å². The minimum atomic E-state index is -3.59. The van der Waals surface area contributed by atoms with E-state index in [4.69, 9.17) is 4.74 Å². The molecule has 0 aliphatic heterocycles. The molecule has 7 heteroatoms. The molecule has 0 aliphatic carbocycles. The fourth-order valence-electron chi connectivity index (χ4n) is 2.14. The Morgan fingerprint density at radius 1 is 1.18 bits per heavy atom. The predicted molar refractivity (Wildman–Crippen MR) is 84.1 cm³/mol. The number of nitrogens with zero attached hydrogens (tertiary/aromatic N) is 1. The van der Waals surface area contributed by atoms with E-state index >= 15 is 0 Å². The molecule has 114 valence electrons. The number of H-pyrrole nitrogens is 1. The molecule has 6 nitrogen and oxygen atoms in total. The minimum absolute atomic E-state index is 0.222. The van der Waals surface area contributed by atoms with Gasteiger partial charge in [-0.3, -0.25) is 4.72 Å². The van der Waals surface area contributed by atoms with Crippen LogP contribution in [0.15, 0.2) is 53.4 Å². The number of nitrogens with one attached hydrogen (secondary N) is 2. The van der Waals surface area contributed by atoms with Crippen molar-refractivity contribution in [3.8, 4) is 0 Å². The van der Waals surface area contributed by atoms with Crippen LogP contribution in [0.2, 0.25) is 0 Å². The van der Waals surface area contributed by atoms with Gasteiger partial charge in [0.15, 0.2) is 0 Å². The lowest BCUT2D eigenvalue weighted by Gasteiger charge is -2.07. The van der Waals surface area contributed by atoms with Gasteiger partial charge in [-0.25, -0.2) is 13.4 Å². The lowest BCUT2D eigenvalue weighted by molar-refractivity contribution is 0.179. The second-order valence-electron chi connectivity index (χ2n) is 4.77. The van der Waals surface area contributed by atoms with Gasteiger partial charge in [-0.05, 0) is 30.3 Å². The summed E-state index contributed by atoms with van der Waals surface area (Å²) in [6, 6.07) is 13.4. The minimum Gasteiger partial charge on any atom is -0.377 e. The Labute approximate surface area is 128 Å². The van der Waals surface area contributed by atoms with Crippen molar-refractivity contribution in [2.75, 3.05) is 11.8 Å². The average molecular weight is 317 g/mol. The van der Waals surface area contributed by atoms with Gasteiger partial charge in [0.05, 0.1) is 21.6 Å². The molecule has 0 atom stereocenters. The number of fused-ring (bicyclic) bond motifs is 1. The van der Waals surface area contributed by atoms with Crippen LogP contribution < -0.4 is 4.72 Å². The molecule has 0 saturated heterocycles. The number of methoxy groups -OCH3 is 1. The highest BCUT2D eigenvalue weighted by Crippen LogP contribution is 2.20. The molecule has 22 heavy (non-hydrogen) atoms. The summed E-state index contributed by atoms with van der Waals surface area (Å²) in [5.41, 5.74) is 1.99. The van der Waals surface area contributed by atoms with Crippen molar-refractivity contribution in [1.82, 2.24) is 9.97 Å². The average Bonchev–Trinajstić information content (AvgIpc) is 2.90. The molecule has 1 heterocycles. The Balaban J connectivity index is 1.90. The molecule has 0 bridgehead atoms. The lowest BCUT2D eigenvalue weighted by Crippen LogP contribution is -2.12. The lowest BCUT2D eigenvalue weighted by atomic mass is 10.3. The maximum absolute atomic E-state index is 12.3. The van der Waals surface area contributed by atoms with Gasteiger partial charge >= 0.3 is 0 Å². The molecule has 0 aliphatic rings. The summed E-state index contributed by atoms with van der Waals surface area (Å²) in [6.07, 6.45) is 0. The van der Waals surface area contributed by atoms with Crippen molar-refractivity contribution >= 4 is 26.7 Å². The number of anilines is 1. The first-order valence-corrected chi connectivity index (χ1v) is 8.12. The molecular formula is C15H15N3O3S. The molecule has 0 saturated carbocycles. The zero-order valence-electron chi connectivity index (χ0n) is 11.9. The number of sulfonamides is 1. The SMILES string of the molecule is COCc1nc2ccc(NS(=O)(=O)c3ccccc3)cc2[nH]1. The molecule has 0 radical (unpaired) electrons. The highest BCUT2D eigenvalue weighted by atomic mass is 32.2. The maximum atomic E-state index is 12.3. The van der Waals surface area contributed by atoms with E-state index in [0.717, 1.165) is 11.0 Å². The third kappa shape index (κ3) is 2.95. The van der Waals surface area contributed by atoms with E-state index in [-0.39, 0.29) is 4.90 Å². The van der Waals surface area contributed by atoms with E-state index < -0.39 is 10.0 Å². The van der Waals surface area contributed by atoms with Crippen molar-refractivity contribution in [3.05, 3.63) is 54.4 Å². The standard InChI is InChI=1S/C15H15N3O3S/c1-21-10-15-16-13-8-7-11(9-14(13)17-15)18-22(19,20)12-5-3-2-4-6-12/h2-9,18H,10H2,1H3,(H,16,17). The molecule has 2 aromatic carbocycles. The van der Waals surface area contributed by atoms with Gasteiger partial charge < -0.3 is 9.72 Å². The summed E-state index contributed by atoms with van der Waals surface area (Å²) in [4.78, 5) is 7.65. The van der Waals surface area contributed by atoms with Crippen molar-refractivity contribution < 1.29 is 13.2 Å². The number of benzene rings is 2. The Bertz CT molecular complexity index is 889. The van der Waals surface area contributed by atoms with E-state index in [0.29, 0.717) is 18.1 Å². The van der Waals surface area contributed by atoms with Crippen molar-refractivity contribution in [1.29, 1.82) is 0 Å². The topological polar surface area (TPSA) is 84.1 Å². The molecule has 0 spiro atoms. The second kappa shape index (κ2) is 5.78. The molecule has 2 N–H and O–H groups in total. The van der Waals surface area contributed by atoms with Crippen LogP contribution in [-0.2, 0) is 21.4 Å². The van der Waals surface area contributed by atoms with E-state index in [9.17, 15) is 8.42 Å². The zero-order chi connectivity index (χ0) is 15.6. The number of hydrogen-bond acceptors (Lipinski definition) is 4. The van der Waals surface area contributed by atoms with Gasteiger partial charge in [0.1, 0.15) is 12.4 Å². The number of imidazole rings is 1. The van der Waals surface area contributed by atoms with Crippen LogP contribution in [-0.4, -0.2) is 25.5 Å². The van der Waals surface area contributed by atoms with Crippen molar-refractivity contribution in [3.63, 3.8) is 0 Å². The molecular weight excluding hydrogens is 302 g/mol. The van der Waals surface area contributed by atoms with Gasteiger partial charge in [0.25, 0.3) is 10.0 Å². The van der Waals surface area contributed by atoms with Crippen LogP contribution in [0.25, 0.3) is 11.0 Å². The highest BCUT2D eigenvalue weighted by molar-refractivity contribution is 7.92. The number of aromatic nitrogens is 2. The van der Waals surface area contributed by atoms with Crippen molar-refractivity contribution in [2.24, 2.45) is 0 Å². The molecule has 3 rings (SSSR count). The quantitative estimate of drug-likeness (QED) is 0.757. The molecule has 0 amide bonds. The third-order valence-electron chi connectivity index (χ3n) is 3.12. The molecule has 1 aromatic heterocycles. The monoisotopic (exact) mass is 317 g/mol. The van der Waals surface area contributed by atoms with Crippen LogP contribution in [0.1, 0.15) is 5.82 Å². The van der Waals surface area contributed by atoms with E-state index in [1.807, 2.05) is 0 Å². The molecule has 0 fully saturated rings. The number of hydrogen-bond donors (Lipinski definition) is 2. The van der Waals surface area contributed by atoms with Crippen LogP contribution in [0.4, 0.5) is 5.69 Å².